The summed E-state index contributed by atoms with van der Waals surface area (Å²) < 4.78 is 2.04. The minimum absolute atomic E-state index is 0.0181. The monoisotopic (exact) mass is 402 g/mol. The van der Waals surface area contributed by atoms with Crippen LogP contribution >= 0.6 is 0 Å². The molecule has 2 N–H and O–H groups in total. The molecule has 0 unspecified atom stereocenters. The number of hydrogen-bond acceptors (Lipinski definition) is 3. The first-order valence-electron chi connectivity index (χ1n) is 10.6. The number of nitrogens with one attached hydrogen (secondary N) is 2. The average Bonchev–Trinajstić information content (AvgIpc) is 3.03. The van der Waals surface area contributed by atoms with Gasteiger partial charge in [0.15, 0.2) is 0 Å². The second-order valence-corrected chi connectivity index (χ2v) is 8.37. The first kappa shape index (κ1) is 18.9. The minimum atomic E-state index is -0.0181. The van der Waals surface area contributed by atoms with E-state index >= 15 is 0 Å². The van der Waals surface area contributed by atoms with Crippen LogP contribution in [-0.4, -0.2) is 47.8 Å². The van der Waals surface area contributed by atoms with Crippen molar-refractivity contribution in [3.63, 3.8) is 0 Å². The number of rotatable bonds is 3. The van der Waals surface area contributed by atoms with Crippen LogP contribution < -0.4 is 10.6 Å². The van der Waals surface area contributed by atoms with Gasteiger partial charge in [0.2, 0.25) is 5.91 Å². The maximum absolute atomic E-state index is 12.6. The molecule has 1 fully saturated rings. The standard InChI is InChI=1S/C24H26N4O2/c1-27-12-2-4-17(14-27)23(29)26-18-8-6-16(7-9-18)21-15-28-13-3-5-20-22(28)19(21)10-11-25-24(20)30/h3,5-9,13,15,17H,2,4,10-12,14H2,1H3,(H,25,30)(H,26,29)/t17-/m1/s1. The summed E-state index contributed by atoms with van der Waals surface area (Å²) in [5, 5.41) is 6.05. The van der Waals surface area contributed by atoms with Gasteiger partial charge in [-0.2, -0.15) is 0 Å². The summed E-state index contributed by atoms with van der Waals surface area (Å²) in [6.07, 6.45) is 6.89. The fourth-order valence-electron chi connectivity index (χ4n) is 4.73. The number of carbonyl (C=O) groups excluding carboxylic acids is 2. The van der Waals surface area contributed by atoms with Gasteiger partial charge in [0, 0.05) is 36.7 Å². The number of nitrogens with zero attached hydrogens (tertiary/aromatic N) is 2. The zero-order valence-electron chi connectivity index (χ0n) is 17.1. The Labute approximate surface area is 175 Å². The summed E-state index contributed by atoms with van der Waals surface area (Å²) in [6.45, 7) is 2.51. The van der Waals surface area contributed by atoms with Gasteiger partial charge >= 0.3 is 0 Å². The Morgan fingerprint density at radius 1 is 1.17 bits per heavy atom. The molecule has 6 nitrogen and oxygen atoms in total. The third kappa shape index (κ3) is 3.37. The molecule has 1 atom stereocenters. The number of benzene rings is 1. The van der Waals surface area contributed by atoms with Crippen molar-refractivity contribution in [1.82, 2.24) is 14.6 Å². The predicted octanol–water partition coefficient (Wildman–Crippen LogP) is 3.17. The van der Waals surface area contributed by atoms with Crippen LogP contribution in [0.2, 0.25) is 0 Å². The van der Waals surface area contributed by atoms with Gasteiger partial charge in [0.1, 0.15) is 0 Å². The summed E-state index contributed by atoms with van der Waals surface area (Å²) in [4.78, 5) is 27.2. The zero-order chi connectivity index (χ0) is 20.7. The molecule has 1 aromatic carbocycles. The van der Waals surface area contributed by atoms with Crippen molar-refractivity contribution in [3.8, 4) is 11.1 Å². The maximum atomic E-state index is 12.6. The molecular formula is C24H26N4O2. The molecule has 0 aliphatic carbocycles. The second-order valence-electron chi connectivity index (χ2n) is 8.37. The Morgan fingerprint density at radius 2 is 2.00 bits per heavy atom. The lowest BCUT2D eigenvalue weighted by atomic mass is 9.97. The van der Waals surface area contributed by atoms with E-state index in [0.717, 1.165) is 60.2 Å². The number of carbonyl (C=O) groups is 2. The number of amides is 2. The lowest BCUT2D eigenvalue weighted by Gasteiger charge is -2.28. The molecule has 3 aromatic rings. The highest BCUT2D eigenvalue weighted by Gasteiger charge is 2.24. The number of likely N-dealkylation sites (tertiary alicyclic amines) is 1. The first-order valence-corrected chi connectivity index (χ1v) is 10.6. The molecule has 6 heteroatoms. The summed E-state index contributed by atoms with van der Waals surface area (Å²) in [5.74, 6) is 0.136. The topological polar surface area (TPSA) is 65.8 Å². The Kier molecular flexibility index (Phi) is 4.79. The summed E-state index contributed by atoms with van der Waals surface area (Å²) in [7, 11) is 2.07. The fourth-order valence-corrected chi connectivity index (χ4v) is 4.73. The van der Waals surface area contributed by atoms with Crippen LogP contribution in [0.25, 0.3) is 16.6 Å². The van der Waals surface area contributed by atoms with Gasteiger partial charge in [-0.25, -0.2) is 0 Å². The van der Waals surface area contributed by atoms with Gasteiger partial charge < -0.3 is 19.9 Å². The number of aromatic nitrogens is 1. The molecule has 2 aromatic heterocycles. The van der Waals surface area contributed by atoms with E-state index in [1.165, 1.54) is 5.56 Å². The van der Waals surface area contributed by atoms with E-state index in [-0.39, 0.29) is 17.7 Å². The van der Waals surface area contributed by atoms with E-state index in [9.17, 15) is 9.59 Å². The van der Waals surface area contributed by atoms with Crippen molar-refractivity contribution < 1.29 is 9.59 Å². The maximum Gasteiger partial charge on any atom is 0.253 e. The number of anilines is 1. The van der Waals surface area contributed by atoms with Crippen LogP contribution in [0, 0.1) is 5.92 Å². The molecule has 0 bridgehead atoms. The van der Waals surface area contributed by atoms with Crippen LogP contribution in [0.5, 0.6) is 0 Å². The van der Waals surface area contributed by atoms with Crippen molar-refractivity contribution in [2.45, 2.75) is 19.3 Å². The molecule has 0 radical (unpaired) electrons. The van der Waals surface area contributed by atoms with Gasteiger partial charge in [-0.15, -0.1) is 0 Å². The van der Waals surface area contributed by atoms with Crippen molar-refractivity contribution in [2.75, 3.05) is 32.0 Å². The molecule has 5 rings (SSSR count). The van der Waals surface area contributed by atoms with E-state index in [0.29, 0.717) is 6.54 Å². The molecule has 154 valence electrons. The minimum Gasteiger partial charge on any atom is -0.352 e. The number of hydrogen-bond donors (Lipinski definition) is 2. The fraction of sp³-hybridized carbons (Fsp3) is 0.333. The second kappa shape index (κ2) is 7.61. The summed E-state index contributed by atoms with van der Waals surface area (Å²) in [5.41, 5.74) is 5.93. The lowest BCUT2D eigenvalue weighted by Crippen LogP contribution is -2.38. The molecule has 1 saturated heterocycles. The Bertz CT molecular complexity index is 1120. The van der Waals surface area contributed by atoms with Crippen molar-refractivity contribution >= 4 is 23.0 Å². The highest BCUT2D eigenvalue weighted by atomic mass is 16.2. The van der Waals surface area contributed by atoms with E-state index < -0.39 is 0 Å². The molecule has 4 heterocycles. The van der Waals surface area contributed by atoms with Gasteiger partial charge in [-0.05, 0) is 68.2 Å². The van der Waals surface area contributed by atoms with E-state index in [1.807, 2.05) is 47.0 Å². The quantitative estimate of drug-likeness (QED) is 0.707. The summed E-state index contributed by atoms with van der Waals surface area (Å²) in [6, 6.07) is 11.8. The van der Waals surface area contributed by atoms with E-state index in [2.05, 4.69) is 28.8 Å². The molecule has 2 aliphatic rings. The lowest BCUT2D eigenvalue weighted by molar-refractivity contribution is -0.121. The Morgan fingerprint density at radius 3 is 2.80 bits per heavy atom. The van der Waals surface area contributed by atoms with Crippen molar-refractivity contribution in [3.05, 3.63) is 59.9 Å². The predicted molar refractivity (Wildman–Crippen MR) is 118 cm³/mol. The first-order chi connectivity index (χ1) is 14.6. The normalized spacial score (nSPS) is 19.4. The average molecular weight is 402 g/mol. The third-order valence-corrected chi connectivity index (χ3v) is 6.27. The van der Waals surface area contributed by atoms with Crippen LogP contribution in [0.4, 0.5) is 5.69 Å². The van der Waals surface area contributed by atoms with Crippen LogP contribution in [-0.2, 0) is 11.2 Å². The SMILES string of the molecule is CN1CCC[C@@H](C(=O)Nc2ccc(-c3cn4cccc5c4c3CCNC5=O)cc2)C1. The van der Waals surface area contributed by atoms with Crippen molar-refractivity contribution in [1.29, 1.82) is 0 Å². The number of pyridine rings is 1. The highest BCUT2D eigenvalue weighted by molar-refractivity contribution is 6.03. The van der Waals surface area contributed by atoms with Crippen molar-refractivity contribution in [2.24, 2.45) is 5.92 Å². The van der Waals surface area contributed by atoms with E-state index in [4.69, 9.17) is 0 Å². The van der Waals surface area contributed by atoms with Gasteiger partial charge in [-0.1, -0.05) is 12.1 Å². The zero-order valence-corrected chi connectivity index (χ0v) is 17.1. The smallest absolute Gasteiger partial charge is 0.253 e. The Hall–Kier alpha value is -3.12. The Balaban J connectivity index is 1.41. The highest BCUT2D eigenvalue weighted by Crippen LogP contribution is 2.33. The molecule has 0 saturated carbocycles. The van der Waals surface area contributed by atoms with Crippen LogP contribution in [0.3, 0.4) is 0 Å². The molecule has 2 aliphatic heterocycles. The third-order valence-electron chi connectivity index (χ3n) is 6.27. The van der Waals surface area contributed by atoms with E-state index in [1.54, 1.807) is 0 Å². The molecule has 2 amide bonds. The largest absolute Gasteiger partial charge is 0.352 e. The van der Waals surface area contributed by atoms with Crippen LogP contribution in [0.15, 0.2) is 48.8 Å². The van der Waals surface area contributed by atoms with Gasteiger partial charge in [0.25, 0.3) is 5.91 Å². The molecule has 0 spiro atoms. The molecule has 30 heavy (non-hydrogen) atoms. The number of piperidine rings is 1. The van der Waals surface area contributed by atoms with Gasteiger partial charge in [-0.3, -0.25) is 9.59 Å². The summed E-state index contributed by atoms with van der Waals surface area (Å²) >= 11 is 0. The molecular weight excluding hydrogens is 376 g/mol. The van der Waals surface area contributed by atoms with Crippen LogP contribution in [0.1, 0.15) is 28.8 Å². The van der Waals surface area contributed by atoms with Gasteiger partial charge in [0.05, 0.1) is 17.0 Å².